The molecule has 2 rings (SSSR count). The van der Waals surface area contributed by atoms with Crippen molar-refractivity contribution in [2.45, 2.75) is 12.8 Å². The topological polar surface area (TPSA) is 109 Å². The van der Waals surface area contributed by atoms with Crippen molar-refractivity contribution in [1.82, 2.24) is 10.8 Å². The number of ketones is 1. The molecule has 1 aromatic heterocycles. The number of rotatable bonds is 7. The highest BCUT2D eigenvalue weighted by atomic mass is 16.5. The highest BCUT2D eigenvalue weighted by Gasteiger charge is 2.16. The Morgan fingerprint density at radius 3 is 2.39 bits per heavy atom. The first-order valence-corrected chi connectivity index (χ1v) is 7.02. The van der Waals surface area contributed by atoms with Gasteiger partial charge in [0.1, 0.15) is 0 Å². The number of benzene rings is 1. The molecule has 1 aromatic carbocycles. The number of nitrogens with one attached hydrogen (secondary N) is 2. The summed E-state index contributed by atoms with van der Waals surface area (Å²) in [5, 5.41) is 10.9. The van der Waals surface area contributed by atoms with Gasteiger partial charge in [0.25, 0.3) is 5.91 Å². The van der Waals surface area contributed by atoms with Crippen LogP contribution in [0.25, 0.3) is 0 Å². The SMILES string of the molecule is O=C(CCCNC(=O)c1ccc(C(=O)c2ccccc2)o1)NO. The zero-order valence-corrected chi connectivity index (χ0v) is 12.2. The first-order chi connectivity index (χ1) is 11.1. The quantitative estimate of drug-likeness (QED) is 0.311. The number of amides is 2. The fraction of sp³-hybridized carbons (Fsp3) is 0.188. The van der Waals surface area contributed by atoms with Crippen molar-refractivity contribution >= 4 is 17.6 Å². The van der Waals surface area contributed by atoms with E-state index in [1.54, 1.807) is 30.3 Å². The van der Waals surface area contributed by atoms with Crippen LogP contribution in [-0.4, -0.2) is 29.3 Å². The fourth-order valence-electron chi connectivity index (χ4n) is 1.91. The lowest BCUT2D eigenvalue weighted by molar-refractivity contribution is -0.129. The fourth-order valence-corrected chi connectivity index (χ4v) is 1.91. The van der Waals surface area contributed by atoms with Gasteiger partial charge < -0.3 is 9.73 Å². The van der Waals surface area contributed by atoms with Crippen LogP contribution in [0.4, 0.5) is 0 Å². The van der Waals surface area contributed by atoms with E-state index in [2.05, 4.69) is 5.32 Å². The minimum Gasteiger partial charge on any atom is -0.447 e. The Kier molecular flexibility index (Phi) is 5.65. The Hall–Kier alpha value is -2.93. The highest BCUT2D eigenvalue weighted by molar-refractivity contribution is 6.07. The van der Waals surface area contributed by atoms with Gasteiger partial charge in [-0.05, 0) is 18.6 Å². The molecule has 7 nitrogen and oxygen atoms in total. The van der Waals surface area contributed by atoms with Gasteiger partial charge in [-0.15, -0.1) is 0 Å². The van der Waals surface area contributed by atoms with Crippen LogP contribution in [0.3, 0.4) is 0 Å². The molecule has 2 aromatic rings. The lowest BCUT2D eigenvalue weighted by Gasteiger charge is -2.02. The van der Waals surface area contributed by atoms with Crippen molar-refractivity contribution in [1.29, 1.82) is 0 Å². The summed E-state index contributed by atoms with van der Waals surface area (Å²) in [6.07, 6.45) is 0.460. The van der Waals surface area contributed by atoms with Gasteiger partial charge in [0.15, 0.2) is 11.5 Å². The van der Waals surface area contributed by atoms with Crippen molar-refractivity contribution in [3.05, 3.63) is 59.5 Å². The normalized spacial score (nSPS) is 10.1. The zero-order valence-electron chi connectivity index (χ0n) is 12.2. The predicted molar refractivity (Wildman–Crippen MR) is 80.1 cm³/mol. The van der Waals surface area contributed by atoms with Crippen molar-refractivity contribution in [3.63, 3.8) is 0 Å². The standard InChI is InChI=1S/C16H16N2O5/c19-14(18-22)7-4-10-17-16(21)13-9-8-12(23-13)15(20)11-5-2-1-3-6-11/h1-3,5-6,8-9,22H,4,7,10H2,(H,17,21)(H,18,19). The lowest BCUT2D eigenvalue weighted by Crippen LogP contribution is -2.26. The van der Waals surface area contributed by atoms with Crippen molar-refractivity contribution in [3.8, 4) is 0 Å². The Bertz CT molecular complexity index is 694. The van der Waals surface area contributed by atoms with E-state index in [0.717, 1.165) is 0 Å². The number of hydrogen-bond acceptors (Lipinski definition) is 5. The molecule has 7 heteroatoms. The number of furan rings is 1. The molecule has 0 atom stereocenters. The van der Waals surface area contributed by atoms with Crippen LogP contribution in [-0.2, 0) is 4.79 Å². The van der Waals surface area contributed by atoms with E-state index in [1.807, 2.05) is 0 Å². The molecule has 2 amide bonds. The van der Waals surface area contributed by atoms with E-state index in [9.17, 15) is 14.4 Å². The molecule has 0 saturated carbocycles. The molecule has 0 saturated heterocycles. The average Bonchev–Trinajstić information content (AvgIpc) is 3.08. The second kappa shape index (κ2) is 7.90. The van der Waals surface area contributed by atoms with Gasteiger partial charge >= 0.3 is 0 Å². The van der Waals surface area contributed by atoms with Gasteiger partial charge in [-0.2, -0.15) is 0 Å². The van der Waals surface area contributed by atoms with E-state index < -0.39 is 11.8 Å². The van der Waals surface area contributed by atoms with Gasteiger partial charge in [-0.3, -0.25) is 19.6 Å². The number of carbonyl (C=O) groups excluding carboxylic acids is 3. The number of carbonyl (C=O) groups is 3. The van der Waals surface area contributed by atoms with Crippen LogP contribution in [0.2, 0.25) is 0 Å². The largest absolute Gasteiger partial charge is 0.447 e. The van der Waals surface area contributed by atoms with E-state index in [4.69, 9.17) is 9.62 Å². The lowest BCUT2D eigenvalue weighted by atomic mass is 10.1. The minimum atomic E-state index is -0.520. The third-order valence-electron chi connectivity index (χ3n) is 3.08. The van der Waals surface area contributed by atoms with Crippen LogP contribution in [0, 0.1) is 0 Å². The molecular weight excluding hydrogens is 300 g/mol. The monoisotopic (exact) mass is 316 g/mol. The van der Waals surface area contributed by atoms with E-state index in [-0.39, 0.29) is 30.3 Å². The summed E-state index contributed by atoms with van der Waals surface area (Å²) in [6.45, 7) is 0.245. The van der Waals surface area contributed by atoms with Crippen molar-refractivity contribution < 1.29 is 24.0 Å². The Balaban J connectivity index is 1.90. The minimum absolute atomic E-state index is 0.0240. The van der Waals surface area contributed by atoms with Crippen molar-refractivity contribution in [2.24, 2.45) is 0 Å². The van der Waals surface area contributed by atoms with Crippen LogP contribution < -0.4 is 10.8 Å². The smallest absolute Gasteiger partial charge is 0.287 e. The van der Waals surface area contributed by atoms with E-state index >= 15 is 0 Å². The molecule has 0 aliphatic rings. The molecule has 0 aliphatic heterocycles. The third kappa shape index (κ3) is 4.52. The van der Waals surface area contributed by atoms with Crippen LogP contribution in [0.5, 0.6) is 0 Å². The molecule has 120 valence electrons. The summed E-state index contributed by atoms with van der Waals surface area (Å²) in [7, 11) is 0. The number of hydroxylamine groups is 1. The molecule has 0 unspecified atom stereocenters. The van der Waals surface area contributed by atoms with Gasteiger partial charge in [0.05, 0.1) is 0 Å². The zero-order chi connectivity index (χ0) is 16.7. The van der Waals surface area contributed by atoms with Gasteiger partial charge in [-0.25, -0.2) is 5.48 Å². The summed E-state index contributed by atoms with van der Waals surface area (Å²) in [5.41, 5.74) is 1.98. The average molecular weight is 316 g/mol. The summed E-state index contributed by atoms with van der Waals surface area (Å²) in [6, 6.07) is 11.5. The van der Waals surface area contributed by atoms with Crippen LogP contribution in [0.15, 0.2) is 46.9 Å². The second-order valence-electron chi connectivity index (χ2n) is 4.75. The molecule has 23 heavy (non-hydrogen) atoms. The van der Waals surface area contributed by atoms with Crippen LogP contribution in [0.1, 0.15) is 39.5 Å². The first-order valence-electron chi connectivity index (χ1n) is 7.02. The molecule has 3 N–H and O–H groups in total. The summed E-state index contributed by atoms with van der Waals surface area (Å²) >= 11 is 0. The number of hydrogen-bond donors (Lipinski definition) is 3. The maximum absolute atomic E-state index is 12.2. The Morgan fingerprint density at radius 1 is 1.00 bits per heavy atom. The molecule has 0 spiro atoms. The molecule has 0 aliphatic carbocycles. The first kappa shape index (κ1) is 16.4. The Morgan fingerprint density at radius 2 is 1.70 bits per heavy atom. The molecule has 0 radical (unpaired) electrons. The van der Waals surface area contributed by atoms with Crippen LogP contribution >= 0.6 is 0 Å². The maximum Gasteiger partial charge on any atom is 0.287 e. The molecule has 1 heterocycles. The maximum atomic E-state index is 12.2. The highest BCUT2D eigenvalue weighted by Crippen LogP contribution is 2.13. The molecule has 0 fully saturated rings. The summed E-state index contributed by atoms with van der Waals surface area (Å²) in [5.74, 6) is -1.18. The molecule has 0 bridgehead atoms. The second-order valence-corrected chi connectivity index (χ2v) is 4.75. The predicted octanol–water partition coefficient (Wildman–Crippen LogP) is 1.53. The van der Waals surface area contributed by atoms with Gasteiger partial charge in [0, 0.05) is 18.5 Å². The van der Waals surface area contributed by atoms with Gasteiger partial charge in [0.2, 0.25) is 11.7 Å². The third-order valence-corrected chi connectivity index (χ3v) is 3.08. The van der Waals surface area contributed by atoms with E-state index in [1.165, 1.54) is 17.6 Å². The summed E-state index contributed by atoms with van der Waals surface area (Å²) < 4.78 is 5.28. The molecular formula is C16H16N2O5. The van der Waals surface area contributed by atoms with E-state index in [0.29, 0.717) is 12.0 Å². The Labute approximate surface area is 132 Å². The van der Waals surface area contributed by atoms with Crippen molar-refractivity contribution in [2.75, 3.05) is 6.54 Å². The summed E-state index contributed by atoms with van der Waals surface area (Å²) in [4.78, 5) is 34.8. The van der Waals surface area contributed by atoms with Gasteiger partial charge in [-0.1, -0.05) is 30.3 Å².